The Bertz CT molecular complexity index is 557. The fraction of sp³-hybridized carbons (Fsp3) is 0.250. The minimum absolute atomic E-state index is 0.155. The average Bonchev–Trinajstić information content (AvgIpc) is 2.94. The van der Waals surface area contributed by atoms with E-state index in [1.54, 1.807) is 18.2 Å². The maximum Gasteiger partial charge on any atom is 0.277 e. The van der Waals surface area contributed by atoms with Crippen LogP contribution in [0.2, 0.25) is 0 Å². The van der Waals surface area contributed by atoms with Gasteiger partial charge in [-0.25, -0.2) is 0 Å². The van der Waals surface area contributed by atoms with E-state index in [1.165, 1.54) is 6.20 Å². The Kier molecular flexibility index (Phi) is 4.43. The van der Waals surface area contributed by atoms with Crippen molar-refractivity contribution in [1.29, 1.82) is 0 Å². The molecule has 6 nitrogen and oxygen atoms in total. The van der Waals surface area contributed by atoms with E-state index in [1.807, 2.05) is 6.92 Å². The van der Waals surface area contributed by atoms with E-state index in [2.05, 4.69) is 14.1 Å². The monoisotopic (exact) mass is 279 g/mol. The Balaban J connectivity index is 2.15. The summed E-state index contributed by atoms with van der Waals surface area (Å²) in [6, 6.07) is 5.09. The predicted octanol–water partition coefficient (Wildman–Crippen LogP) is 1.68. The van der Waals surface area contributed by atoms with Crippen LogP contribution in [0.25, 0.3) is 0 Å². The molecule has 1 aromatic carbocycles. The molecule has 0 radical (unpaired) electrons. The summed E-state index contributed by atoms with van der Waals surface area (Å²) >= 11 is 0.974. The van der Waals surface area contributed by atoms with Gasteiger partial charge in [0.1, 0.15) is 5.75 Å². The number of rotatable bonds is 5. The number of hydrogen-bond acceptors (Lipinski definition) is 6. The first-order valence-electron chi connectivity index (χ1n) is 5.70. The second-order valence-corrected chi connectivity index (χ2v) is 4.22. The lowest BCUT2D eigenvalue weighted by molar-refractivity contribution is 0.102. The molecule has 0 unspecified atom stereocenters. The molecule has 0 atom stereocenters. The van der Waals surface area contributed by atoms with Gasteiger partial charge in [0.15, 0.2) is 5.69 Å². The molecule has 100 valence electrons. The van der Waals surface area contributed by atoms with Crippen molar-refractivity contribution in [3.05, 3.63) is 35.7 Å². The van der Waals surface area contributed by atoms with Crippen LogP contribution in [-0.2, 0) is 6.61 Å². The molecule has 0 saturated heterocycles. The van der Waals surface area contributed by atoms with Gasteiger partial charge in [-0.3, -0.25) is 4.79 Å². The molecule has 0 fully saturated rings. The van der Waals surface area contributed by atoms with E-state index in [9.17, 15) is 9.90 Å². The lowest BCUT2D eigenvalue weighted by Gasteiger charge is -2.10. The van der Waals surface area contributed by atoms with Crippen LogP contribution in [0.3, 0.4) is 0 Å². The van der Waals surface area contributed by atoms with Crippen molar-refractivity contribution < 1.29 is 14.6 Å². The Hall–Kier alpha value is -1.99. The molecule has 0 aliphatic heterocycles. The van der Waals surface area contributed by atoms with Gasteiger partial charge in [0.05, 0.1) is 31.1 Å². The number of aliphatic hydroxyl groups is 1. The molecule has 0 bridgehead atoms. The van der Waals surface area contributed by atoms with E-state index >= 15 is 0 Å². The number of amides is 1. The van der Waals surface area contributed by atoms with Crippen molar-refractivity contribution in [2.24, 2.45) is 0 Å². The summed E-state index contributed by atoms with van der Waals surface area (Å²) in [6.45, 7) is 2.23. The zero-order valence-electron chi connectivity index (χ0n) is 10.3. The molecule has 2 rings (SSSR count). The van der Waals surface area contributed by atoms with Gasteiger partial charge in [0.25, 0.3) is 5.91 Å². The molecule has 0 aliphatic rings. The quantitative estimate of drug-likeness (QED) is 0.870. The number of nitrogens with zero attached hydrogens (tertiary/aromatic N) is 2. The smallest absolute Gasteiger partial charge is 0.277 e. The van der Waals surface area contributed by atoms with Gasteiger partial charge in [-0.2, -0.15) is 8.75 Å². The second kappa shape index (κ2) is 6.26. The number of carbonyl (C=O) groups excluding carboxylic acids is 1. The van der Waals surface area contributed by atoms with Crippen LogP contribution in [-0.4, -0.2) is 26.4 Å². The SMILES string of the molecule is CCOc1ccc(NC(=O)c2cnsn2)cc1CO. The number of hydrogen-bond donors (Lipinski definition) is 2. The first kappa shape index (κ1) is 13.4. The van der Waals surface area contributed by atoms with Gasteiger partial charge >= 0.3 is 0 Å². The third-order valence-corrected chi connectivity index (χ3v) is 2.86. The fourth-order valence-corrected chi connectivity index (χ4v) is 1.95. The normalized spacial score (nSPS) is 10.2. The van der Waals surface area contributed by atoms with Gasteiger partial charge in [0, 0.05) is 11.3 Å². The number of nitrogens with one attached hydrogen (secondary N) is 1. The summed E-state index contributed by atoms with van der Waals surface area (Å²) in [5.74, 6) is 0.278. The Labute approximate surface area is 114 Å². The fourth-order valence-electron chi connectivity index (χ4n) is 1.54. The largest absolute Gasteiger partial charge is 0.494 e. The number of carbonyl (C=O) groups is 1. The number of aliphatic hydroxyl groups excluding tert-OH is 1. The molecule has 7 heteroatoms. The highest BCUT2D eigenvalue weighted by molar-refractivity contribution is 6.99. The molecule has 0 aliphatic carbocycles. The molecule has 1 heterocycles. The van der Waals surface area contributed by atoms with Crippen LogP contribution in [0.4, 0.5) is 5.69 Å². The minimum atomic E-state index is -0.332. The van der Waals surface area contributed by atoms with Crippen molar-refractivity contribution in [2.75, 3.05) is 11.9 Å². The summed E-state index contributed by atoms with van der Waals surface area (Å²) in [6.07, 6.45) is 1.40. The van der Waals surface area contributed by atoms with Crippen LogP contribution in [0, 0.1) is 0 Å². The van der Waals surface area contributed by atoms with Gasteiger partial charge in [-0.15, -0.1) is 0 Å². The first-order chi connectivity index (χ1) is 9.24. The third kappa shape index (κ3) is 3.27. The van der Waals surface area contributed by atoms with Crippen LogP contribution in [0.5, 0.6) is 5.75 Å². The van der Waals surface area contributed by atoms with Crippen molar-refractivity contribution >= 4 is 23.3 Å². The summed E-state index contributed by atoms with van der Waals surface area (Å²) < 4.78 is 13.0. The van der Waals surface area contributed by atoms with E-state index in [-0.39, 0.29) is 18.2 Å². The van der Waals surface area contributed by atoms with Crippen molar-refractivity contribution in [3.8, 4) is 5.75 Å². The van der Waals surface area contributed by atoms with E-state index in [4.69, 9.17) is 4.74 Å². The zero-order valence-corrected chi connectivity index (χ0v) is 11.1. The number of aromatic nitrogens is 2. The molecule has 1 aromatic heterocycles. The van der Waals surface area contributed by atoms with Crippen LogP contribution in [0.15, 0.2) is 24.4 Å². The van der Waals surface area contributed by atoms with Gasteiger partial charge in [-0.1, -0.05) is 0 Å². The van der Waals surface area contributed by atoms with Crippen molar-refractivity contribution in [2.45, 2.75) is 13.5 Å². The summed E-state index contributed by atoms with van der Waals surface area (Å²) in [5.41, 5.74) is 1.46. The van der Waals surface area contributed by atoms with E-state index < -0.39 is 0 Å². The highest BCUT2D eigenvalue weighted by Crippen LogP contribution is 2.23. The average molecular weight is 279 g/mol. The van der Waals surface area contributed by atoms with Crippen molar-refractivity contribution in [3.63, 3.8) is 0 Å². The zero-order chi connectivity index (χ0) is 13.7. The molecule has 2 aromatic rings. The maximum atomic E-state index is 11.8. The topological polar surface area (TPSA) is 84.3 Å². The lowest BCUT2D eigenvalue weighted by atomic mass is 10.2. The highest BCUT2D eigenvalue weighted by atomic mass is 32.1. The first-order valence-corrected chi connectivity index (χ1v) is 6.43. The minimum Gasteiger partial charge on any atom is -0.494 e. The lowest BCUT2D eigenvalue weighted by Crippen LogP contribution is -2.12. The Morgan fingerprint density at radius 2 is 2.37 bits per heavy atom. The van der Waals surface area contributed by atoms with Gasteiger partial charge in [-0.05, 0) is 25.1 Å². The standard InChI is InChI=1S/C12H13N3O3S/c1-2-18-11-4-3-9(5-8(11)7-16)14-12(17)10-6-13-19-15-10/h3-6,16H,2,7H2,1H3,(H,14,17). The molecule has 1 amide bonds. The van der Waals surface area contributed by atoms with E-state index in [0.29, 0.717) is 23.6 Å². The molecular weight excluding hydrogens is 266 g/mol. The molecular formula is C12H13N3O3S. The van der Waals surface area contributed by atoms with Crippen LogP contribution < -0.4 is 10.1 Å². The third-order valence-electron chi connectivity index (χ3n) is 2.38. The van der Waals surface area contributed by atoms with Crippen LogP contribution in [0.1, 0.15) is 23.0 Å². The molecule has 2 N–H and O–H groups in total. The number of benzene rings is 1. The molecule has 0 saturated carbocycles. The highest BCUT2D eigenvalue weighted by Gasteiger charge is 2.10. The van der Waals surface area contributed by atoms with Gasteiger partial charge < -0.3 is 15.2 Å². The Morgan fingerprint density at radius 1 is 1.53 bits per heavy atom. The van der Waals surface area contributed by atoms with E-state index in [0.717, 1.165) is 11.7 Å². The van der Waals surface area contributed by atoms with Crippen molar-refractivity contribution in [1.82, 2.24) is 8.75 Å². The molecule has 0 spiro atoms. The van der Waals surface area contributed by atoms with Crippen LogP contribution >= 0.6 is 11.7 Å². The molecule has 19 heavy (non-hydrogen) atoms. The second-order valence-electron chi connectivity index (χ2n) is 3.66. The Morgan fingerprint density at radius 3 is 3.00 bits per heavy atom. The number of anilines is 1. The summed E-state index contributed by atoms with van der Waals surface area (Å²) in [7, 11) is 0. The summed E-state index contributed by atoms with van der Waals surface area (Å²) in [5, 5.41) is 12.0. The maximum absolute atomic E-state index is 11.8. The predicted molar refractivity (Wildman–Crippen MR) is 71.4 cm³/mol. The summed E-state index contributed by atoms with van der Waals surface area (Å²) in [4.78, 5) is 11.8. The van der Waals surface area contributed by atoms with Gasteiger partial charge in [0.2, 0.25) is 0 Å². The number of ether oxygens (including phenoxy) is 1.